The first-order chi connectivity index (χ1) is 9.76. The standard InChI is InChI=1S/C15H15ClN4/c1-2-15-17-6-7-19(15)9-13-10-20(11-18-13)14-5-3-4-12(16)8-14/h3-8,10-11H,2,9H2,1H3. The predicted molar refractivity (Wildman–Crippen MR) is 79.3 cm³/mol. The van der Waals surface area contributed by atoms with Crippen LogP contribution in [0.3, 0.4) is 0 Å². The number of hydrogen-bond donors (Lipinski definition) is 0. The van der Waals surface area contributed by atoms with Crippen molar-refractivity contribution in [2.45, 2.75) is 19.9 Å². The van der Waals surface area contributed by atoms with E-state index in [9.17, 15) is 0 Å². The molecule has 0 aliphatic rings. The lowest BCUT2D eigenvalue weighted by Gasteiger charge is -2.04. The molecule has 20 heavy (non-hydrogen) atoms. The highest BCUT2D eigenvalue weighted by Gasteiger charge is 2.05. The van der Waals surface area contributed by atoms with Crippen molar-refractivity contribution in [1.82, 2.24) is 19.1 Å². The maximum atomic E-state index is 6.01. The third kappa shape index (κ3) is 2.60. The summed E-state index contributed by atoms with van der Waals surface area (Å²) in [6, 6.07) is 7.72. The number of aryl methyl sites for hydroxylation is 1. The predicted octanol–water partition coefficient (Wildman–Crippen LogP) is 3.33. The minimum Gasteiger partial charge on any atom is -0.329 e. The van der Waals surface area contributed by atoms with Gasteiger partial charge in [0.2, 0.25) is 0 Å². The van der Waals surface area contributed by atoms with Gasteiger partial charge in [-0.1, -0.05) is 24.6 Å². The average molecular weight is 287 g/mol. The van der Waals surface area contributed by atoms with Gasteiger partial charge < -0.3 is 9.13 Å². The number of nitrogens with zero attached hydrogens (tertiary/aromatic N) is 4. The lowest BCUT2D eigenvalue weighted by molar-refractivity contribution is 0.719. The Kier molecular flexibility index (Phi) is 3.56. The van der Waals surface area contributed by atoms with Crippen LogP contribution in [0.2, 0.25) is 5.02 Å². The molecule has 0 aliphatic carbocycles. The van der Waals surface area contributed by atoms with Crippen LogP contribution in [0.25, 0.3) is 5.69 Å². The minimum atomic E-state index is 0.723. The van der Waals surface area contributed by atoms with Crippen molar-refractivity contribution in [3.63, 3.8) is 0 Å². The summed E-state index contributed by atoms with van der Waals surface area (Å²) in [5.41, 5.74) is 2.01. The van der Waals surface area contributed by atoms with Crippen molar-refractivity contribution in [3.05, 3.63) is 65.7 Å². The molecule has 0 saturated carbocycles. The van der Waals surface area contributed by atoms with Gasteiger partial charge in [0.15, 0.2) is 0 Å². The molecule has 3 aromatic rings. The first kappa shape index (κ1) is 12.9. The van der Waals surface area contributed by atoms with Gasteiger partial charge in [0.1, 0.15) is 5.82 Å². The molecule has 0 radical (unpaired) electrons. The molecule has 102 valence electrons. The summed E-state index contributed by atoms with van der Waals surface area (Å²) in [7, 11) is 0. The van der Waals surface area contributed by atoms with Gasteiger partial charge in [0.25, 0.3) is 0 Å². The Bertz CT molecular complexity index is 714. The SMILES string of the molecule is CCc1nccn1Cc1cn(-c2cccc(Cl)c2)cn1. The van der Waals surface area contributed by atoms with Gasteiger partial charge in [-0.15, -0.1) is 0 Å². The van der Waals surface area contributed by atoms with Gasteiger partial charge in [-0.25, -0.2) is 9.97 Å². The molecule has 0 amide bonds. The van der Waals surface area contributed by atoms with Crippen LogP contribution in [0.4, 0.5) is 0 Å². The van der Waals surface area contributed by atoms with Crippen LogP contribution in [-0.4, -0.2) is 19.1 Å². The van der Waals surface area contributed by atoms with Crippen molar-refractivity contribution in [3.8, 4) is 5.69 Å². The Labute approximate surface area is 122 Å². The minimum absolute atomic E-state index is 0.723. The highest BCUT2D eigenvalue weighted by atomic mass is 35.5. The lowest BCUT2D eigenvalue weighted by atomic mass is 10.3. The van der Waals surface area contributed by atoms with Crippen LogP contribution >= 0.6 is 11.6 Å². The molecule has 2 aromatic heterocycles. The normalized spacial score (nSPS) is 10.9. The largest absolute Gasteiger partial charge is 0.329 e. The van der Waals surface area contributed by atoms with E-state index >= 15 is 0 Å². The molecule has 0 aliphatic heterocycles. The molecule has 0 fully saturated rings. The Morgan fingerprint density at radius 3 is 2.95 bits per heavy atom. The Hall–Kier alpha value is -2.07. The number of imidazole rings is 2. The molecule has 0 spiro atoms. The van der Waals surface area contributed by atoms with Crippen LogP contribution in [0.1, 0.15) is 18.4 Å². The zero-order valence-electron chi connectivity index (χ0n) is 11.2. The fourth-order valence-corrected chi connectivity index (χ4v) is 2.38. The zero-order valence-corrected chi connectivity index (χ0v) is 12.0. The van der Waals surface area contributed by atoms with Gasteiger partial charge in [-0.2, -0.15) is 0 Å². The van der Waals surface area contributed by atoms with Crippen molar-refractivity contribution in [2.24, 2.45) is 0 Å². The molecular weight excluding hydrogens is 272 g/mol. The third-order valence-electron chi connectivity index (χ3n) is 3.19. The summed E-state index contributed by atoms with van der Waals surface area (Å²) >= 11 is 6.01. The third-order valence-corrected chi connectivity index (χ3v) is 3.43. The highest BCUT2D eigenvalue weighted by Crippen LogP contribution is 2.15. The summed E-state index contributed by atoms with van der Waals surface area (Å²) in [5.74, 6) is 1.07. The molecule has 3 rings (SSSR count). The molecule has 0 bridgehead atoms. The van der Waals surface area contributed by atoms with Crippen molar-refractivity contribution >= 4 is 11.6 Å². The maximum Gasteiger partial charge on any atom is 0.108 e. The van der Waals surface area contributed by atoms with E-state index in [0.29, 0.717) is 0 Å². The molecule has 1 aromatic carbocycles. The first-order valence-electron chi connectivity index (χ1n) is 6.55. The first-order valence-corrected chi connectivity index (χ1v) is 6.93. The number of aromatic nitrogens is 4. The van der Waals surface area contributed by atoms with Gasteiger partial charge in [-0.05, 0) is 18.2 Å². The van der Waals surface area contributed by atoms with Crippen LogP contribution in [0.15, 0.2) is 49.2 Å². The topological polar surface area (TPSA) is 35.6 Å². The number of benzene rings is 1. The van der Waals surface area contributed by atoms with E-state index in [1.165, 1.54) is 0 Å². The van der Waals surface area contributed by atoms with Crippen LogP contribution in [-0.2, 0) is 13.0 Å². The highest BCUT2D eigenvalue weighted by molar-refractivity contribution is 6.30. The second-order valence-electron chi connectivity index (χ2n) is 4.58. The summed E-state index contributed by atoms with van der Waals surface area (Å²) in [6.07, 6.45) is 8.56. The molecule has 5 heteroatoms. The Balaban J connectivity index is 1.84. The van der Waals surface area contributed by atoms with Crippen molar-refractivity contribution < 1.29 is 0 Å². The number of rotatable bonds is 4. The Morgan fingerprint density at radius 2 is 2.15 bits per heavy atom. The second kappa shape index (κ2) is 5.51. The molecule has 0 saturated heterocycles. The number of hydrogen-bond acceptors (Lipinski definition) is 2. The van der Waals surface area contributed by atoms with E-state index < -0.39 is 0 Å². The molecule has 2 heterocycles. The monoisotopic (exact) mass is 286 g/mol. The summed E-state index contributed by atoms with van der Waals surface area (Å²) in [5, 5.41) is 0.723. The average Bonchev–Trinajstić information content (AvgIpc) is 3.08. The van der Waals surface area contributed by atoms with Crippen molar-refractivity contribution in [2.75, 3.05) is 0 Å². The van der Waals surface area contributed by atoms with Crippen LogP contribution in [0, 0.1) is 0 Å². The fraction of sp³-hybridized carbons (Fsp3) is 0.200. The molecule has 0 unspecified atom stereocenters. The van der Waals surface area contributed by atoms with E-state index in [1.807, 2.05) is 53.8 Å². The van der Waals surface area contributed by atoms with Crippen molar-refractivity contribution in [1.29, 1.82) is 0 Å². The molecule has 4 nitrogen and oxygen atoms in total. The van der Waals surface area contributed by atoms with E-state index in [2.05, 4.69) is 21.5 Å². The molecule has 0 atom stereocenters. The zero-order chi connectivity index (χ0) is 13.9. The van der Waals surface area contributed by atoms with Crippen LogP contribution in [0.5, 0.6) is 0 Å². The van der Waals surface area contributed by atoms with E-state index in [-0.39, 0.29) is 0 Å². The molecular formula is C15H15ClN4. The van der Waals surface area contributed by atoms with Gasteiger partial charge >= 0.3 is 0 Å². The van der Waals surface area contributed by atoms with Gasteiger partial charge in [0, 0.05) is 35.7 Å². The second-order valence-corrected chi connectivity index (χ2v) is 5.01. The smallest absolute Gasteiger partial charge is 0.108 e. The quantitative estimate of drug-likeness (QED) is 0.737. The van der Waals surface area contributed by atoms with Gasteiger partial charge in [0.05, 0.1) is 18.6 Å². The molecule has 0 N–H and O–H groups in total. The Morgan fingerprint density at radius 1 is 1.25 bits per heavy atom. The van der Waals surface area contributed by atoms with E-state index in [1.54, 1.807) is 0 Å². The van der Waals surface area contributed by atoms with Crippen LogP contribution < -0.4 is 0 Å². The summed E-state index contributed by atoms with van der Waals surface area (Å²) < 4.78 is 4.09. The van der Waals surface area contributed by atoms with Gasteiger partial charge in [-0.3, -0.25) is 0 Å². The maximum absolute atomic E-state index is 6.01. The number of halogens is 1. The summed E-state index contributed by atoms with van der Waals surface area (Å²) in [4.78, 5) is 8.76. The lowest BCUT2D eigenvalue weighted by Crippen LogP contribution is -2.03. The summed E-state index contributed by atoms with van der Waals surface area (Å²) in [6.45, 7) is 2.83. The van der Waals surface area contributed by atoms with E-state index in [0.717, 1.165) is 35.2 Å². The fourth-order valence-electron chi connectivity index (χ4n) is 2.20. The van der Waals surface area contributed by atoms with E-state index in [4.69, 9.17) is 11.6 Å².